The molecule has 0 saturated heterocycles. The molecule has 1 fully saturated rings. The van der Waals surface area contributed by atoms with Crippen molar-refractivity contribution in [1.29, 1.82) is 0 Å². The fraction of sp³-hybridized carbons (Fsp3) is 0.727. The highest BCUT2D eigenvalue weighted by atomic mass is 35.5. The third-order valence-electron chi connectivity index (χ3n) is 3.21. The van der Waals surface area contributed by atoms with Crippen LogP contribution < -0.4 is 5.73 Å². The molecule has 1 unspecified atom stereocenters. The summed E-state index contributed by atoms with van der Waals surface area (Å²) < 4.78 is 1.97. The second kappa shape index (κ2) is 7.93. The van der Waals surface area contributed by atoms with Crippen LogP contribution in [0.2, 0.25) is 0 Å². The van der Waals surface area contributed by atoms with Crippen molar-refractivity contribution in [3.8, 4) is 0 Å². The summed E-state index contributed by atoms with van der Waals surface area (Å²) in [5, 5.41) is 4.19. The van der Waals surface area contributed by atoms with Crippen molar-refractivity contribution < 1.29 is 0 Å². The summed E-state index contributed by atoms with van der Waals surface area (Å²) in [5.41, 5.74) is 5.80. The molecule has 0 amide bonds. The molecule has 2 rings (SSSR count). The minimum absolute atomic E-state index is 0. The van der Waals surface area contributed by atoms with Crippen molar-refractivity contribution in [2.24, 2.45) is 11.7 Å². The summed E-state index contributed by atoms with van der Waals surface area (Å²) in [5.74, 6) is 0.845. The predicted molar refractivity (Wildman–Crippen MR) is 74.9 cm³/mol. The molecular weight excluding hydrogens is 259 g/mol. The van der Waals surface area contributed by atoms with Gasteiger partial charge in [0, 0.05) is 31.5 Å². The number of hydrogen-bond donors (Lipinski definition) is 1. The topological polar surface area (TPSA) is 47.1 Å². The van der Waals surface area contributed by atoms with Crippen molar-refractivity contribution in [2.45, 2.75) is 25.4 Å². The molecule has 1 aromatic rings. The maximum absolute atomic E-state index is 5.80. The van der Waals surface area contributed by atoms with E-state index in [2.05, 4.69) is 17.0 Å². The van der Waals surface area contributed by atoms with E-state index in [1.807, 2.05) is 23.1 Å². The van der Waals surface area contributed by atoms with Gasteiger partial charge in [0.15, 0.2) is 0 Å². The van der Waals surface area contributed by atoms with E-state index in [1.54, 1.807) is 0 Å². The van der Waals surface area contributed by atoms with E-state index >= 15 is 0 Å². The normalized spacial score (nSPS) is 16.2. The fourth-order valence-corrected chi connectivity index (χ4v) is 2.07. The number of likely N-dealkylation sites (N-methyl/N-ethyl adjacent to an activating group) is 1. The lowest BCUT2D eigenvalue weighted by atomic mass is 10.1. The predicted octanol–water partition coefficient (Wildman–Crippen LogP) is 1.40. The zero-order valence-corrected chi connectivity index (χ0v) is 11.8. The monoisotopic (exact) mass is 280 g/mol. The first-order valence-electron chi connectivity index (χ1n) is 5.69. The maximum Gasteiger partial charge on any atom is 0.0536 e. The molecule has 1 aliphatic carbocycles. The summed E-state index contributed by atoms with van der Waals surface area (Å²) in [7, 11) is 2.17. The molecule has 0 aromatic carbocycles. The van der Waals surface area contributed by atoms with E-state index < -0.39 is 0 Å². The minimum atomic E-state index is 0. The van der Waals surface area contributed by atoms with E-state index in [0.29, 0.717) is 6.04 Å². The standard InChI is InChI=1S/C11H20N4.2ClH/c1-14(11(9-12)10-3-4-10)7-8-15-6-2-5-13-15;;/h2,5-6,10-11H,3-4,7-9,12H2,1H3;2*1H. The molecule has 6 heteroatoms. The van der Waals surface area contributed by atoms with Gasteiger partial charge in [0.25, 0.3) is 0 Å². The van der Waals surface area contributed by atoms with Gasteiger partial charge in [-0.15, -0.1) is 24.8 Å². The molecular formula is C11H22Cl2N4. The van der Waals surface area contributed by atoms with Crippen LogP contribution in [0.5, 0.6) is 0 Å². The quantitative estimate of drug-likeness (QED) is 0.857. The van der Waals surface area contributed by atoms with Crippen molar-refractivity contribution in [2.75, 3.05) is 20.1 Å². The SMILES string of the molecule is CN(CCn1cccn1)C(CN)C1CC1.Cl.Cl. The third-order valence-corrected chi connectivity index (χ3v) is 3.21. The number of halogens is 2. The Bertz CT molecular complexity index is 288. The smallest absolute Gasteiger partial charge is 0.0536 e. The van der Waals surface area contributed by atoms with Crippen LogP contribution in [0.1, 0.15) is 12.8 Å². The molecule has 1 aliphatic rings. The highest BCUT2D eigenvalue weighted by molar-refractivity contribution is 5.85. The molecule has 1 atom stereocenters. The van der Waals surface area contributed by atoms with Gasteiger partial charge in [-0.3, -0.25) is 4.68 Å². The summed E-state index contributed by atoms with van der Waals surface area (Å²) in [6, 6.07) is 2.53. The first-order valence-corrected chi connectivity index (χ1v) is 5.69. The number of hydrogen-bond acceptors (Lipinski definition) is 3. The van der Waals surface area contributed by atoms with Gasteiger partial charge in [-0.25, -0.2) is 0 Å². The molecule has 17 heavy (non-hydrogen) atoms. The van der Waals surface area contributed by atoms with Crippen LogP contribution in [0, 0.1) is 5.92 Å². The van der Waals surface area contributed by atoms with E-state index in [1.165, 1.54) is 12.8 Å². The summed E-state index contributed by atoms with van der Waals surface area (Å²) in [6.45, 7) is 2.76. The number of aromatic nitrogens is 2. The Balaban J connectivity index is 0.00000128. The van der Waals surface area contributed by atoms with Crippen LogP contribution in [-0.4, -0.2) is 40.9 Å². The molecule has 0 spiro atoms. The zero-order valence-electron chi connectivity index (χ0n) is 10.2. The van der Waals surface area contributed by atoms with E-state index in [-0.39, 0.29) is 24.8 Å². The Morgan fingerprint density at radius 2 is 2.18 bits per heavy atom. The van der Waals surface area contributed by atoms with Crippen LogP contribution in [0.15, 0.2) is 18.5 Å². The van der Waals surface area contributed by atoms with Crippen molar-refractivity contribution >= 4 is 24.8 Å². The van der Waals surface area contributed by atoms with Crippen molar-refractivity contribution in [3.63, 3.8) is 0 Å². The number of nitrogens with zero attached hydrogens (tertiary/aromatic N) is 3. The van der Waals surface area contributed by atoms with Crippen LogP contribution in [0.3, 0.4) is 0 Å². The largest absolute Gasteiger partial charge is 0.329 e. The van der Waals surface area contributed by atoms with Gasteiger partial charge in [0.05, 0.1) is 6.54 Å². The van der Waals surface area contributed by atoms with Gasteiger partial charge in [-0.1, -0.05) is 0 Å². The van der Waals surface area contributed by atoms with E-state index in [4.69, 9.17) is 5.73 Å². The first-order chi connectivity index (χ1) is 7.31. The van der Waals surface area contributed by atoms with Gasteiger partial charge in [-0.05, 0) is 31.9 Å². The Kier molecular flexibility index (Phi) is 7.79. The molecule has 1 saturated carbocycles. The van der Waals surface area contributed by atoms with Gasteiger partial charge < -0.3 is 10.6 Å². The van der Waals surface area contributed by atoms with Gasteiger partial charge >= 0.3 is 0 Å². The van der Waals surface area contributed by atoms with Gasteiger partial charge in [-0.2, -0.15) is 5.10 Å². The molecule has 1 heterocycles. The Labute approximate surface area is 115 Å². The molecule has 1 aromatic heterocycles. The molecule has 4 nitrogen and oxygen atoms in total. The lowest BCUT2D eigenvalue weighted by Crippen LogP contribution is -2.41. The summed E-state index contributed by atoms with van der Waals surface area (Å²) >= 11 is 0. The average molecular weight is 281 g/mol. The van der Waals surface area contributed by atoms with Crippen LogP contribution >= 0.6 is 24.8 Å². The summed E-state index contributed by atoms with van der Waals surface area (Å²) in [6.07, 6.45) is 6.53. The Morgan fingerprint density at radius 3 is 2.65 bits per heavy atom. The van der Waals surface area contributed by atoms with E-state index in [9.17, 15) is 0 Å². The lowest BCUT2D eigenvalue weighted by Gasteiger charge is -2.26. The number of nitrogens with two attached hydrogens (primary N) is 1. The fourth-order valence-electron chi connectivity index (χ4n) is 2.07. The van der Waals surface area contributed by atoms with E-state index in [0.717, 1.165) is 25.6 Å². The molecule has 0 radical (unpaired) electrons. The second-order valence-electron chi connectivity index (χ2n) is 4.39. The zero-order chi connectivity index (χ0) is 10.7. The highest BCUT2D eigenvalue weighted by Gasteiger charge is 2.32. The molecule has 100 valence electrons. The minimum Gasteiger partial charge on any atom is -0.329 e. The van der Waals surface area contributed by atoms with Crippen LogP contribution in [0.25, 0.3) is 0 Å². The first kappa shape index (κ1) is 16.7. The van der Waals surface area contributed by atoms with Gasteiger partial charge in [0.2, 0.25) is 0 Å². The summed E-state index contributed by atoms with van der Waals surface area (Å²) in [4.78, 5) is 2.37. The molecule has 2 N–H and O–H groups in total. The highest BCUT2D eigenvalue weighted by Crippen LogP contribution is 2.34. The van der Waals surface area contributed by atoms with Crippen LogP contribution in [-0.2, 0) is 6.54 Å². The maximum atomic E-state index is 5.80. The Hall–Kier alpha value is -0.290. The van der Waals surface area contributed by atoms with Crippen LogP contribution in [0.4, 0.5) is 0 Å². The molecule has 0 bridgehead atoms. The number of rotatable bonds is 6. The Morgan fingerprint density at radius 1 is 1.47 bits per heavy atom. The average Bonchev–Trinajstić information content (AvgIpc) is 2.93. The molecule has 0 aliphatic heterocycles. The lowest BCUT2D eigenvalue weighted by molar-refractivity contribution is 0.213. The van der Waals surface area contributed by atoms with Crippen molar-refractivity contribution in [3.05, 3.63) is 18.5 Å². The second-order valence-corrected chi connectivity index (χ2v) is 4.39. The van der Waals surface area contributed by atoms with Crippen molar-refractivity contribution in [1.82, 2.24) is 14.7 Å². The third kappa shape index (κ3) is 4.84. The van der Waals surface area contributed by atoms with Gasteiger partial charge in [0.1, 0.15) is 0 Å².